The maximum Gasteiger partial charge on any atom is 0.271 e. The summed E-state index contributed by atoms with van der Waals surface area (Å²) in [6, 6.07) is 13.3. The van der Waals surface area contributed by atoms with Gasteiger partial charge in [-0.25, -0.2) is 0 Å². The molecule has 1 atom stereocenters. The highest BCUT2D eigenvalue weighted by atomic mass is 16.6. The summed E-state index contributed by atoms with van der Waals surface area (Å²) in [5.74, 6) is -1.32. The Kier molecular flexibility index (Phi) is 4.71. The van der Waals surface area contributed by atoms with Crippen molar-refractivity contribution in [3.8, 4) is 17.3 Å². The van der Waals surface area contributed by atoms with Gasteiger partial charge in [0.1, 0.15) is 11.8 Å². The number of aliphatic hydroxyl groups excluding tert-OH is 1. The summed E-state index contributed by atoms with van der Waals surface area (Å²) < 4.78 is 1.68. The minimum absolute atomic E-state index is 0.0468. The first kappa shape index (κ1) is 20.5. The van der Waals surface area contributed by atoms with Crippen LogP contribution in [0.15, 0.2) is 48.0 Å². The molecule has 3 aromatic rings. The van der Waals surface area contributed by atoms with E-state index in [9.17, 15) is 25.3 Å². The minimum atomic E-state index is -0.866. The summed E-state index contributed by atoms with van der Waals surface area (Å²) in [4.78, 5) is 23.2. The number of carbonyl (C=O) groups excluding carboxylic acids is 1. The number of amides is 1. The average Bonchev–Trinajstić information content (AvgIpc) is 3.32. The highest BCUT2D eigenvalue weighted by Gasteiger charge is 2.39. The molecule has 0 fully saturated rings. The molecule has 1 heterocycles. The second-order valence-electron chi connectivity index (χ2n) is 8.15. The molecule has 9 heteroatoms. The molecule has 2 aliphatic carbocycles. The van der Waals surface area contributed by atoms with E-state index < -0.39 is 22.2 Å². The van der Waals surface area contributed by atoms with Gasteiger partial charge in [0.15, 0.2) is 11.3 Å². The maximum atomic E-state index is 12.8. The zero-order valence-electron chi connectivity index (χ0n) is 17.7. The third-order valence-corrected chi connectivity index (χ3v) is 6.29. The molecule has 1 aromatic heterocycles. The van der Waals surface area contributed by atoms with Gasteiger partial charge in [-0.3, -0.25) is 19.6 Å². The Morgan fingerprint density at radius 3 is 2.85 bits per heavy atom. The molecule has 0 spiro atoms. The van der Waals surface area contributed by atoms with E-state index in [0.717, 1.165) is 36.1 Å². The number of nitro groups is 1. The third-order valence-electron chi connectivity index (χ3n) is 6.29. The smallest absolute Gasteiger partial charge is 0.271 e. The van der Waals surface area contributed by atoms with Gasteiger partial charge in [0.2, 0.25) is 0 Å². The largest absolute Gasteiger partial charge is 0.504 e. The van der Waals surface area contributed by atoms with Gasteiger partial charge in [-0.2, -0.15) is 10.4 Å². The lowest BCUT2D eigenvalue weighted by molar-refractivity contribution is -0.384. The molecule has 1 unspecified atom stereocenters. The van der Waals surface area contributed by atoms with Gasteiger partial charge in [0.25, 0.3) is 11.6 Å². The fraction of sp³-hybridized carbons (Fsp3) is 0.208. The van der Waals surface area contributed by atoms with Crippen molar-refractivity contribution in [3.63, 3.8) is 0 Å². The Bertz CT molecular complexity index is 1410. The van der Waals surface area contributed by atoms with Gasteiger partial charge in [-0.1, -0.05) is 24.3 Å². The van der Waals surface area contributed by atoms with E-state index in [1.165, 1.54) is 35.4 Å². The van der Waals surface area contributed by atoms with Crippen LogP contribution in [0.1, 0.15) is 41.1 Å². The summed E-state index contributed by atoms with van der Waals surface area (Å²) in [5, 5.41) is 38.6. The summed E-state index contributed by atoms with van der Waals surface area (Å²) in [7, 11) is 1.78. The minimum Gasteiger partial charge on any atom is -0.504 e. The summed E-state index contributed by atoms with van der Waals surface area (Å²) >= 11 is 0. The highest BCUT2D eigenvalue weighted by Crippen LogP contribution is 2.52. The van der Waals surface area contributed by atoms with E-state index in [1.807, 2.05) is 12.1 Å². The predicted octanol–water partition coefficient (Wildman–Crippen LogP) is 4.21. The number of benzene rings is 2. The van der Waals surface area contributed by atoms with Crippen LogP contribution in [0, 0.1) is 21.4 Å². The van der Waals surface area contributed by atoms with Gasteiger partial charge in [-0.15, -0.1) is 0 Å². The van der Waals surface area contributed by atoms with Crippen LogP contribution in [0.25, 0.3) is 17.0 Å². The molecule has 5 rings (SSSR count). The van der Waals surface area contributed by atoms with E-state index in [1.54, 1.807) is 17.8 Å². The fourth-order valence-electron chi connectivity index (χ4n) is 4.96. The van der Waals surface area contributed by atoms with Crippen molar-refractivity contribution in [1.29, 1.82) is 5.26 Å². The molecule has 0 saturated carbocycles. The van der Waals surface area contributed by atoms with Crippen molar-refractivity contribution < 1.29 is 14.8 Å². The van der Waals surface area contributed by atoms with E-state index in [0.29, 0.717) is 0 Å². The van der Waals surface area contributed by atoms with Crippen molar-refractivity contribution >= 4 is 23.0 Å². The van der Waals surface area contributed by atoms with Crippen LogP contribution in [0.2, 0.25) is 0 Å². The molecule has 0 aliphatic heterocycles. The Morgan fingerprint density at radius 1 is 1.30 bits per heavy atom. The van der Waals surface area contributed by atoms with Crippen molar-refractivity contribution in [3.05, 3.63) is 80.5 Å². The number of hydrogen-bond acceptors (Lipinski definition) is 6. The van der Waals surface area contributed by atoms with E-state index in [-0.39, 0.29) is 23.0 Å². The molecule has 164 valence electrons. The Balaban J connectivity index is 1.56. The molecular weight excluding hydrogens is 422 g/mol. The number of nitrogens with zero attached hydrogens (tertiary/aromatic N) is 4. The third kappa shape index (κ3) is 3.15. The monoisotopic (exact) mass is 441 g/mol. The molecule has 33 heavy (non-hydrogen) atoms. The average molecular weight is 441 g/mol. The van der Waals surface area contributed by atoms with E-state index >= 15 is 0 Å². The number of rotatable bonds is 4. The van der Waals surface area contributed by atoms with Crippen LogP contribution in [0.5, 0.6) is 0 Å². The standard InChI is InChI=1S/C24H19N5O4/c1-28-22-17-10-3-6-13-5-2-9-16(19(13)17)20(22)21(27-28)23(30)18(12-25)24(31)26-14-7-4-8-15(11-14)29(32)33/h3-4,6-8,10-11,16,30H,2,5,9H2,1H3,(H,26,31)/b23-18-. The first-order valence-electron chi connectivity index (χ1n) is 10.5. The van der Waals surface area contributed by atoms with Gasteiger partial charge < -0.3 is 10.4 Å². The second-order valence-corrected chi connectivity index (χ2v) is 8.15. The first-order chi connectivity index (χ1) is 15.9. The number of aliphatic hydroxyl groups is 1. The van der Waals surface area contributed by atoms with Gasteiger partial charge in [0.05, 0.1) is 10.6 Å². The summed E-state index contributed by atoms with van der Waals surface area (Å²) in [6.45, 7) is 0. The Hall–Kier alpha value is -4.45. The van der Waals surface area contributed by atoms with Crippen molar-refractivity contribution in [1.82, 2.24) is 9.78 Å². The molecule has 2 N–H and O–H groups in total. The molecule has 0 saturated heterocycles. The number of fused-ring (bicyclic) bond motifs is 3. The molecule has 9 nitrogen and oxygen atoms in total. The molecule has 2 aliphatic rings. The number of nitrogens with one attached hydrogen (secondary N) is 1. The first-order valence-corrected chi connectivity index (χ1v) is 10.5. The highest BCUT2D eigenvalue weighted by molar-refractivity contribution is 6.11. The van der Waals surface area contributed by atoms with E-state index in [2.05, 4.69) is 16.5 Å². The fourth-order valence-corrected chi connectivity index (χ4v) is 4.96. The summed E-state index contributed by atoms with van der Waals surface area (Å²) in [5.41, 5.74) is 4.95. The zero-order chi connectivity index (χ0) is 23.3. The number of non-ortho nitro benzene ring substituents is 1. The lowest BCUT2D eigenvalue weighted by atomic mass is 9.81. The lowest BCUT2D eigenvalue weighted by Gasteiger charge is -2.22. The molecule has 0 radical (unpaired) electrons. The van der Waals surface area contributed by atoms with Crippen LogP contribution in [0.4, 0.5) is 11.4 Å². The van der Waals surface area contributed by atoms with E-state index in [4.69, 9.17) is 0 Å². The maximum absolute atomic E-state index is 12.8. The zero-order valence-corrected chi connectivity index (χ0v) is 17.7. The molecular formula is C24H19N5O4. The second kappa shape index (κ2) is 7.60. The Labute approximate surface area is 188 Å². The van der Waals surface area contributed by atoms with Gasteiger partial charge in [-0.05, 0) is 36.5 Å². The topological polar surface area (TPSA) is 134 Å². The van der Waals surface area contributed by atoms with Crippen LogP contribution in [0.3, 0.4) is 0 Å². The quantitative estimate of drug-likeness (QED) is 0.205. The van der Waals surface area contributed by atoms with Gasteiger partial charge >= 0.3 is 0 Å². The number of anilines is 1. The SMILES string of the molecule is Cn1nc(/C(O)=C(\C#N)C(=O)Nc2cccc([N+](=O)[O-])c2)c2c1-c1cccc3c1C2CCC3. The predicted molar refractivity (Wildman–Crippen MR) is 120 cm³/mol. The number of aromatic nitrogens is 2. The normalized spacial score (nSPS) is 16.3. The molecule has 0 bridgehead atoms. The van der Waals surface area contributed by atoms with Crippen molar-refractivity contribution in [2.45, 2.75) is 25.2 Å². The Morgan fingerprint density at radius 2 is 2.09 bits per heavy atom. The number of nitro benzene ring substituents is 1. The molecule has 2 aromatic carbocycles. The van der Waals surface area contributed by atoms with Crippen LogP contribution in [-0.2, 0) is 18.3 Å². The number of nitriles is 1. The van der Waals surface area contributed by atoms with Crippen molar-refractivity contribution in [2.75, 3.05) is 5.32 Å². The van der Waals surface area contributed by atoms with Crippen LogP contribution < -0.4 is 5.32 Å². The number of aryl methyl sites for hydroxylation is 2. The number of carbonyl (C=O) groups is 1. The number of hydrogen-bond donors (Lipinski definition) is 2. The van der Waals surface area contributed by atoms with Crippen LogP contribution >= 0.6 is 0 Å². The summed E-state index contributed by atoms with van der Waals surface area (Å²) in [6.07, 6.45) is 2.88. The lowest BCUT2D eigenvalue weighted by Crippen LogP contribution is -2.16. The van der Waals surface area contributed by atoms with Crippen LogP contribution in [-0.4, -0.2) is 25.7 Å². The molecule has 1 amide bonds. The van der Waals surface area contributed by atoms with Gasteiger partial charge in [0, 0.05) is 41.9 Å². The van der Waals surface area contributed by atoms with Crippen molar-refractivity contribution in [2.24, 2.45) is 7.05 Å².